The van der Waals surface area contributed by atoms with Crippen LogP contribution in [-0.2, 0) is 0 Å². The van der Waals surface area contributed by atoms with E-state index in [0.29, 0.717) is 0 Å². The van der Waals surface area contributed by atoms with Gasteiger partial charge in [0.1, 0.15) is 0 Å². The van der Waals surface area contributed by atoms with Crippen LogP contribution in [0.5, 0.6) is 0 Å². The summed E-state index contributed by atoms with van der Waals surface area (Å²) in [6.07, 6.45) is 6.41. The molecule has 0 aliphatic heterocycles. The molecule has 0 aliphatic carbocycles. The molecule has 0 bridgehead atoms. The summed E-state index contributed by atoms with van der Waals surface area (Å²) in [5, 5.41) is 0. The van der Waals surface area contributed by atoms with Crippen LogP contribution in [0.15, 0.2) is 24.8 Å². The number of hydrogen-bond donors (Lipinski definition) is 2. The third kappa shape index (κ3) is 2.22. The monoisotopic (exact) mass is 218 g/mol. The number of rotatable bonds is 5. The SMILES string of the molecule is O=C(CCC(=O)c1ncc[nH]1)c1ncc[nH]1. The molecule has 2 aromatic rings. The molecular formula is C10H10N4O2. The molecule has 0 spiro atoms. The number of carbonyl (C=O) groups excluding carboxylic acids is 2. The fourth-order valence-corrected chi connectivity index (χ4v) is 1.30. The molecular weight excluding hydrogens is 208 g/mol. The van der Waals surface area contributed by atoms with Gasteiger partial charge in [0, 0.05) is 37.6 Å². The lowest BCUT2D eigenvalue weighted by Crippen LogP contribution is -2.07. The Kier molecular flexibility index (Phi) is 2.90. The molecule has 0 aliphatic rings. The normalized spacial score (nSPS) is 10.2. The lowest BCUT2D eigenvalue weighted by Gasteiger charge is -1.96. The molecule has 6 nitrogen and oxygen atoms in total. The van der Waals surface area contributed by atoms with Gasteiger partial charge in [0.15, 0.2) is 23.2 Å². The van der Waals surface area contributed by atoms with E-state index in [0.717, 1.165) is 0 Å². The van der Waals surface area contributed by atoms with Gasteiger partial charge < -0.3 is 9.97 Å². The number of nitrogens with zero attached hydrogens (tertiary/aromatic N) is 2. The average Bonchev–Trinajstić information content (AvgIpc) is 2.95. The van der Waals surface area contributed by atoms with Gasteiger partial charge in [0.05, 0.1) is 0 Å². The number of nitrogens with one attached hydrogen (secondary N) is 2. The van der Waals surface area contributed by atoms with Crippen molar-refractivity contribution >= 4 is 11.6 Å². The minimum atomic E-state index is -0.176. The Morgan fingerprint density at radius 3 is 1.69 bits per heavy atom. The zero-order chi connectivity index (χ0) is 11.4. The molecule has 0 atom stereocenters. The van der Waals surface area contributed by atoms with Crippen LogP contribution in [0.2, 0.25) is 0 Å². The summed E-state index contributed by atoms with van der Waals surface area (Å²) in [4.78, 5) is 36.0. The molecule has 2 N–H and O–H groups in total. The lowest BCUT2D eigenvalue weighted by molar-refractivity contribution is 0.0908. The summed E-state index contributed by atoms with van der Waals surface area (Å²) in [7, 11) is 0. The summed E-state index contributed by atoms with van der Waals surface area (Å²) in [6, 6.07) is 0. The Morgan fingerprint density at radius 2 is 1.38 bits per heavy atom. The van der Waals surface area contributed by atoms with Crippen molar-refractivity contribution in [1.82, 2.24) is 19.9 Å². The molecule has 0 unspecified atom stereocenters. The predicted molar refractivity (Wildman–Crippen MR) is 55.1 cm³/mol. The summed E-state index contributed by atoms with van der Waals surface area (Å²) >= 11 is 0. The van der Waals surface area contributed by atoms with E-state index < -0.39 is 0 Å². The number of hydrogen-bond acceptors (Lipinski definition) is 4. The van der Waals surface area contributed by atoms with Gasteiger partial charge in [-0.2, -0.15) is 0 Å². The second kappa shape index (κ2) is 4.52. The number of H-pyrrole nitrogens is 2. The van der Waals surface area contributed by atoms with Crippen LogP contribution in [0.4, 0.5) is 0 Å². The maximum Gasteiger partial charge on any atom is 0.198 e. The Bertz CT molecular complexity index is 427. The largest absolute Gasteiger partial charge is 0.342 e. The fraction of sp³-hybridized carbons (Fsp3) is 0.200. The van der Waals surface area contributed by atoms with Crippen molar-refractivity contribution < 1.29 is 9.59 Å². The molecule has 0 saturated heterocycles. The van der Waals surface area contributed by atoms with E-state index in [-0.39, 0.29) is 36.1 Å². The third-order valence-electron chi connectivity index (χ3n) is 2.10. The van der Waals surface area contributed by atoms with Crippen molar-refractivity contribution in [3.8, 4) is 0 Å². The number of carbonyl (C=O) groups is 2. The van der Waals surface area contributed by atoms with E-state index in [9.17, 15) is 9.59 Å². The second-order valence-electron chi connectivity index (χ2n) is 3.22. The van der Waals surface area contributed by atoms with E-state index in [1.165, 1.54) is 12.4 Å². The standard InChI is InChI=1S/C10H10N4O2/c15-7(9-11-3-4-12-9)1-2-8(16)10-13-5-6-14-10/h3-6H,1-2H2,(H,11,12)(H,13,14). The smallest absolute Gasteiger partial charge is 0.198 e. The number of Topliss-reactive ketones (excluding diaryl/α,β-unsaturated/α-hetero) is 2. The first-order chi connectivity index (χ1) is 7.77. The van der Waals surface area contributed by atoms with E-state index in [4.69, 9.17) is 0 Å². The molecule has 82 valence electrons. The van der Waals surface area contributed by atoms with Crippen LogP contribution in [0.3, 0.4) is 0 Å². The van der Waals surface area contributed by atoms with E-state index in [2.05, 4.69) is 19.9 Å². The van der Waals surface area contributed by atoms with Gasteiger partial charge >= 0.3 is 0 Å². The lowest BCUT2D eigenvalue weighted by atomic mass is 10.1. The Hall–Kier alpha value is -2.24. The van der Waals surface area contributed by atoms with Crippen molar-refractivity contribution in [3.63, 3.8) is 0 Å². The minimum Gasteiger partial charge on any atom is -0.342 e. The first-order valence-electron chi connectivity index (χ1n) is 4.82. The highest BCUT2D eigenvalue weighted by Crippen LogP contribution is 2.03. The summed E-state index contributed by atoms with van der Waals surface area (Å²) < 4.78 is 0. The van der Waals surface area contributed by atoms with Crippen LogP contribution in [0.25, 0.3) is 0 Å². The van der Waals surface area contributed by atoms with E-state index in [1.54, 1.807) is 12.4 Å². The maximum atomic E-state index is 11.5. The topological polar surface area (TPSA) is 91.5 Å². The Morgan fingerprint density at radius 1 is 0.938 bits per heavy atom. The van der Waals surface area contributed by atoms with Crippen molar-refractivity contribution in [1.29, 1.82) is 0 Å². The molecule has 0 amide bonds. The van der Waals surface area contributed by atoms with Crippen molar-refractivity contribution in [3.05, 3.63) is 36.4 Å². The second-order valence-corrected chi connectivity index (χ2v) is 3.22. The van der Waals surface area contributed by atoms with E-state index >= 15 is 0 Å². The zero-order valence-electron chi connectivity index (χ0n) is 8.43. The molecule has 2 heterocycles. The minimum absolute atomic E-state index is 0.132. The highest BCUT2D eigenvalue weighted by molar-refractivity contribution is 5.98. The fourth-order valence-electron chi connectivity index (χ4n) is 1.30. The number of aromatic amines is 2. The first-order valence-corrected chi connectivity index (χ1v) is 4.82. The maximum absolute atomic E-state index is 11.5. The highest BCUT2D eigenvalue weighted by Gasteiger charge is 2.13. The number of aromatic nitrogens is 4. The molecule has 0 fully saturated rings. The molecule has 0 aromatic carbocycles. The molecule has 16 heavy (non-hydrogen) atoms. The molecule has 0 saturated carbocycles. The van der Waals surface area contributed by atoms with Crippen molar-refractivity contribution in [2.75, 3.05) is 0 Å². The van der Waals surface area contributed by atoms with Crippen LogP contribution in [-0.4, -0.2) is 31.5 Å². The van der Waals surface area contributed by atoms with Crippen LogP contribution in [0.1, 0.15) is 34.1 Å². The number of ketones is 2. The van der Waals surface area contributed by atoms with E-state index in [1.807, 2.05) is 0 Å². The molecule has 2 aromatic heterocycles. The first kappa shape index (κ1) is 10.3. The van der Waals surface area contributed by atoms with Gasteiger partial charge in [-0.25, -0.2) is 9.97 Å². The average molecular weight is 218 g/mol. The zero-order valence-corrected chi connectivity index (χ0v) is 8.43. The molecule has 6 heteroatoms. The Balaban J connectivity index is 1.89. The van der Waals surface area contributed by atoms with Gasteiger partial charge in [-0.05, 0) is 0 Å². The summed E-state index contributed by atoms with van der Waals surface area (Å²) in [5.74, 6) is 0.217. The van der Waals surface area contributed by atoms with Gasteiger partial charge in [0.25, 0.3) is 0 Å². The third-order valence-corrected chi connectivity index (χ3v) is 2.10. The van der Waals surface area contributed by atoms with Gasteiger partial charge in [0.2, 0.25) is 0 Å². The van der Waals surface area contributed by atoms with Crippen LogP contribution >= 0.6 is 0 Å². The summed E-state index contributed by atoms with van der Waals surface area (Å²) in [6.45, 7) is 0. The molecule has 2 rings (SSSR count). The summed E-state index contributed by atoms with van der Waals surface area (Å²) in [5.41, 5.74) is 0. The predicted octanol–water partition coefficient (Wildman–Crippen LogP) is 0.979. The highest BCUT2D eigenvalue weighted by atomic mass is 16.1. The number of imidazole rings is 2. The quantitative estimate of drug-likeness (QED) is 0.731. The van der Waals surface area contributed by atoms with Crippen LogP contribution < -0.4 is 0 Å². The van der Waals surface area contributed by atoms with Gasteiger partial charge in [-0.3, -0.25) is 9.59 Å². The Labute approximate surface area is 91.1 Å². The van der Waals surface area contributed by atoms with Gasteiger partial charge in [-0.1, -0.05) is 0 Å². The van der Waals surface area contributed by atoms with Crippen molar-refractivity contribution in [2.45, 2.75) is 12.8 Å². The van der Waals surface area contributed by atoms with Crippen LogP contribution in [0, 0.1) is 0 Å². The van der Waals surface area contributed by atoms with Gasteiger partial charge in [-0.15, -0.1) is 0 Å². The molecule has 0 radical (unpaired) electrons. The van der Waals surface area contributed by atoms with Crippen molar-refractivity contribution in [2.24, 2.45) is 0 Å².